The molecule has 1 amide bonds. The van der Waals surface area contributed by atoms with Gasteiger partial charge in [0.15, 0.2) is 0 Å². The summed E-state index contributed by atoms with van der Waals surface area (Å²) in [5.41, 5.74) is 5.34. The van der Waals surface area contributed by atoms with Gasteiger partial charge in [0.25, 0.3) is 0 Å². The predicted molar refractivity (Wildman–Crippen MR) is 54.8 cm³/mol. The Morgan fingerprint density at radius 3 is 2.71 bits per heavy atom. The fourth-order valence-corrected chi connectivity index (χ4v) is 1.93. The third-order valence-corrected chi connectivity index (χ3v) is 3.17. The smallest absolute Gasteiger partial charge is 0.221 e. The van der Waals surface area contributed by atoms with Crippen LogP contribution in [0.5, 0.6) is 0 Å². The molecule has 14 heavy (non-hydrogen) atoms. The molecular formula is C10H20N2O2. The lowest BCUT2D eigenvalue weighted by Crippen LogP contribution is -2.61. The van der Waals surface area contributed by atoms with Crippen molar-refractivity contribution in [3.8, 4) is 0 Å². The van der Waals surface area contributed by atoms with Gasteiger partial charge in [-0.2, -0.15) is 0 Å². The van der Waals surface area contributed by atoms with Crippen molar-refractivity contribution in [3.63, 3.8) is 0 Å². The highest BCUT2D eigenvalue weighted by molar-refractivity contribution is 5.76. The summed E-state index contributed by atoms with van der Waals surface area (Å²) in [4.78, 5) is 11.3. The average Bonchev–Trinajstić information content (AvgIpc) is 2.12. The number of hydrogen-bond acceptors (Lipinski definition) is 3. The molecule has 0 aliphatic heterocycles. The van der Waals surface area contributed by atoms with Gasteiger partial charge in [0.2, 0.25) is 5.91 Å². The van der Waals surface area contributed by atoms with Crippen LogP contribution in [0.1, 0.15) is 26.7 Å². The van der Waals surface area contributed by atoms with Gasteiger partial charge in [-0.15, -0.1) is 0 Å². The van der Waals surface area contributed by atoms with Crippen LogP contribution >= 0.6 is 0 Å². The van der Waals surface area contributed by atoms with Crippen molar-refractivity contribution < 1.29 is 9.53 Å². The molecule has 1 rings (SSSR count). The van der Waals surface area contributed by atoms with Crippen molar-refractivity contribution in [2.45, 2.75) is 38.8 Å². The van der Waals surface area contributed by atoms with E-state index in [0.29, 0.717) is 13.0 Å². The molecule has 3 N–H and O–H groups in total. The van der Waals surface area contributed by atoms with E-state index in [-0.39, 0.29) is 23.5 Å². The maximum atomic E-state index is 11.3. The van der Waals surface area contributed by atoms with Gasteiger partial charge in [-0.3, -0.25) is 4.79 Å². The van der Waals surface area contributed by atoms with Gasteiger partial charge < -0.3 is 15.8 Å². The molecule has 0 spiro atoms. The number of carbonyl (C=O) groups excluding carboxylic acids is 1. The van der Waals surface area contributed by atoms with Crippen molar-refractivity contribution in [2.75, 3.05) is 13.7 Å². The highest BCUT2D eigenvalue weighted by Gasteiger charge is 2.48. The van der Waals surface area contributed by atoms with E-state index in [1.54, 1.807) is 7.11 Å². The van der Waals surface area contributed by atoms with Crippen LogP contribution in [0.3, 0.4) is 0 Å². The summed E-state index contributed by atoms with van der Waals surface area (Å²) in [6.45, 7) is 4.63. The molecule has 4 nitrogen and oxygen atoms in total. The van der Waals surface area contributed by atoms with Gasteiger partial charge in [0.1, 0.15) is 0 Å². The number of hydrogen-bond donors (Lipinski definition) is 2. The number of nitrogens with one attached hydrogen (secondary N) is 1. The second-order valence-corrected chi connectivity index (χ2v) is 4.44. The molecule has 0 aromatic carbocycles. The molecule has 2 atom stereocenters. The SMILES string of the molecule is COC1CC(NC(=O)CCN)C1(C)C. The van der Waals surface area contributed by atoms with E-state index in [1.165, 1.54) is 0 Å². The van der Waals surface area contributed by atoms with Crippen molar-refractivity contribution in [3.05, 3.63) is 0 Å². The lowest BCUT2D eigenvalue weighted by atomic mass is 9.64. The number of rotatable bonds is 4. The summed E-state index contributed by atoms with van der Waals surface area (Å²) in [5, 5.41) is 2.97. The molecule has 0 aromatic heterocycles. The quantitative estimate of drug-likeness (QED) is 0.684. The van der Waals surface area contributed by atoms with E-state index in [9.17, 15) is 4.79 Å². The standard InChI is InChI=1S/C10H20N2O2/c1-10(2)7(6-8(10)14-3)12-9(13)4-5-11/h7-8H,4-6,11H2,1-3H3,(H,12,13). The lowest BCUT2D eigenvalue weighted by Gasteiger charge is -2.51. The molecule has 0 bridgehead atoms. The van der Waals surface area contributed by atoms with E-state index in [2.05, 4.69) is 19.2 Å². The minimum Gasteiger partial charge on any atom is -0.381 e. The second kappa shape index (κ2) is 4.28. The zero-order valence-electron chi connectivity index (χ0n) is 9.17. The van der Waals surface area contributed by atoms with E-state index in [1.807, 2.05) is 0 Å². The Morgan fingerprint density at radius 2 is 2.29 bits per heavy atom. The lowest BCUT2D eigenvalue weighted by molar-refractivity contribution is -0.132. The zero-order chi connectivity index (χ0) is 10.8. The summed E-state index contributed by atoms with van der Waals surface area (Å²) in [5.74, 6) is 0.0418. The summed E-state index contributed by atoms with van der Waals surface area (Å²) < 4.78 is 5.30. The molecule has 0 saturated heterocycles. The fraction of sp³-hybridized carbons (Fsp3) is 0.900. The van der Waals surface area contributed by atoms with Crippen LogP contribution in [0.25, 0.3) is 0 Å². The van der Waals surface area contributed by atoms with E-state index in [4.69, 9.17) is 10.5 Å². The first-order valence-corrected chi connectivity index (χ1v) is 5.04. The monoisotopic (exact) mass is 200 g/mol. The number of carbonyl (C=O) groups is 1. The van der Waals surface area contributed by atoms with Crippen molar-refractivity contribution in [1.82, 2.24) is 5.32 Å². The molecule has 4 heteroatoms. The number of ether oxygens (including phenoxy) is 1. The molecule has 2 unspecified atom stereocenters. The first-order chi connectivity index (χ1) is 6.52. The minimum atomic E-state index is 0.0407. The summed E-state index contributed by atoms with van der Waals surface area (Å²) in [7, 11) is 1.71. The van der Waals surface area contributed by atoms with Crippen molar-refractivity contribution in [1.29, 1.82) is 0 Å². The van der Waals surface area contributed by atoms with Crippen LogP contribution in [0.15, 0.2) is 0 Å². The topological polar surface area (TPSA) is 64.3 Å². The maximum absolute atomic E-state index is 11.3. The molecule has 0 aromatic rings. The highest BCUT2D eigenvalue weighted by Crippen LogP contribution is 2.42. The molecule has 1 aliphatic rings. The second-order valence-electron chi connectivity index (χ2n) is 4.44. The van der Waals surface area contributed by atoms with Crippen LogP contribution in [0.2, 0.25) is 0 Å². The number of methoxy groups -OCH3 is 1. The predicted octanol–water partition coefficient (Wildman–Crippen LogP) is 0.265. The summed E-state index contributed by atoms with van der Waals surface area (Å²) in [6, 6.07) is 0.228. The Hall–Kier alpha value is -0.610. The van der Waals surface area contributed by atoms with Gasteiger partial charge in [0, 0.05) is 31.5 Å². The Labute approximate surface area is 85.2 Å². The third kappa shape index (κ3) is 2.07. The van der Waals surface area contributed by atoms with Crippen LogP contribution in [-0.2, 0) is 9.53 Å². The van der Waals surface area contributed by atoms with Crippen LogP contribution < -0.4 is 11.1 Å². The summed E-state index contributed by atoms with van der Waals surface area (Å²) in [6.07, 6.45) is 1.56. The first-order valence-electron chi connectivity index (χ1n) is 5.04. The minimum absolute atomic E-state index is 0.0407. The summed E-state index contributed by atoms with van der Waals surface area (Å²) >= 11 is 0. The molecule has 1 fully saturated rings. The van der Waals surface area contributed by atoms with Gasteiger partial charge >= 0.3 is 0 Å². The molecular weight excluding hydrogens is 180 g/mol. The Morgan fingerprint density at radius 1 is 1.64 bits per heavy atom. The molecule has 82 valence electrons. The highest BCUT2D eigenvalue weighted by atomic mass is 16.5. The van der Waals surface area contributed by atoms with E-state index >= 15 is 0 Å². The van der Waals surface area contributed by atoms with Gasteiger partial charge in [-0.25, -0.2) is 0 Å². The number of nitrogens with two attached hydrogens (primary N) is 1. The van der Waals surface area contributed by atoms with Gasteiger partial charge in [-0.1, -0.05) is 13.8 Å². The van der Waals surface area contributed by atoms with Gasteiger partial charge in [-0.05, 0) is 6.42 Å². The van der Waals surface area contributed by atoms with Crippen molar-refractivity contribution in [2.24, 2.45) is 11.1 Å². The van der Waals surface area contributed by atoms with E-state index < -0.39 is 0 Å². The molecule has 0 radical (unpaired) electrons. The van der Waals surface area contributed by atoms with Gasteiger partial charge in [0.05, 0.1) is 6.10 Å². The normalized spacial score (nSPS) is 29.4. The van der Waals surface area contributed by atoms with Crippen LogP contribution in [-0.4, -0.2) is 31.7 Å². The molecule has 1 aliphatic carbocycles. The van der Waals surface area contributed by atoms with E-state index in [0.717, 1.165) is 6.42 Å². The third-order valence-electron chi connectivity index (χ3n) is 3.17. The molecule has 1 saturated carbocycles. The van der Waals surface area contributed by atoms with Crippen molar-refractivity contribution >= 4 is 5.91 Å². The van der Waals surface area contributed by atoms with Crippen LogP contribution in [0, 0.1) is 5.41 Å². The fourth-order valence-electron chi connectivity index (χ4n) is 1.93. The first kappa shape index (κ1) is 11.5. The maximum Gasteiger partial charge on any atom is 0.221 e. The number of amides is 1. The zero-order valence-corrected chi connectivity index (χ0v) is 9.17. The Balaban J connectivity index is 2.39. The largest absolute Gasteiger partial charge is 0.381 e. The molecule has 0 heterocycles. The van der Waals surface area contributed by atoms with Crippen LogP contribution in [0.4, 0.5) is 0 Å². The Kier molecular flexibility index (Phi) is 3.50. The Bertz CT molecular complexity index is 216. The average molecular weight is 200 g/mol.